The van der Waals surface area contributed by atoms with Crippen LogP contribution in [0.3, 0.4) is 0 Å². The second-order valence-electron chi connectivity index (χ2n) is 5.50. The average molecular weight is 259 g/mol. The van der Waals surface area contributed by atoms with Crippen LogP contribution in [0.5, 0.6) is 0 Å². The molecule has 2 aromatic rings. The first-order valence-electron chi connectivity index (χ1n) is 6.91. The van der Waals surface area contributed by atoms with Crippen LogP contribution in [0.15, 0.2) is 29.5 Å². The first-order chi connectivity index (χ1) is 9.09. The van der Waals surface area contributed by atoms with Crippen molar-refractivity contribution in [3.8, 4) is 0 Å². The number of aromatic nitrogens is 3. The topological polar surface area (TPSA) is 47.8 Å². The molecule has 1 unspecified atom stereocenters. The molecule has 0 aliphatic heterocycles. The Labute approximate surface area is 113 Å². The molecule has 0 aliphatic carbocycles. The molecule has 0 spiro atoms. The van der Waals surface area contributed by atoms with Crippen molar-refractivity contribution in [2.75, 3.05) is 0 Å². The van der Waals surface area contributed by atoms with Crippen molar-refractivity contribution in [1.82, 2.24) is 14.5 Å². The second-order valence-corrected chi connectivity index (χ2v) is 5.50. The Morgan fingerprint density at radius 1 is 1.21 bits per heavy atom. The highest BCUT2D eigenvalue weighted by molar-refractivity contribution is 5.71. The molecule has 4 heteroatoms. The fourth-order valence-corrected chi connectivity index (χ4v) is 2.24. The highest BCUT2D eigenvalue weighted by Crippen LogP contribution is 2.15. The van der Waals surface area contributed by atoms with E-state index in [1.54, 1.807) is 23.2 Å². The fraction of sp³-hybridized carbons (Fsp3) is 0.533. The molecular formula is C15H21N3O. The lowest BCUT2D eigenvalue weighted by atomic mass is 10.0. The van der Waals surface area contributed by atoms with E-state index in [1.807, 2.05) is 6.07 Å². The molecular weight excluding hydrogens is 238 g/mol. The van der Waals surface area contributed by atoms with Crippen LogP contribution >= 0.6 is 0 Å². The molecule has 4 nitrogen and oxygen atoms in total. The van der Waals surface area contributed by atoms with Gasteiger partial charge in [-0.25, -0.2) is 9.97 Å². The Hall–Kier alpha value is -1.71. The van der Waals surface area contributed by atoms with Gasteiger partial charge in [-0.2, -0.15) is 0 Å². The van der Waals surface area contributed by atoms with Crippen LogP contribution in [-0.4, -0.2) is 14.5 Å². The maximum absolute atomic E-state index is 12.3. The van der Waals surface area contributed by atoms with Crippen molar-refractivity contribution in [3.63, 3.8) is 0 Å². The summed E-state index contributed by atoms with van der Waals surface area (Å²) in [5.41, 5.74) is 1.08. The summed E-state index contributed by atoms with van der Waals surface area (Å²) in [5.74, 6) is 0.709. The second kappa shape index (κ2) is 5.95. The van der Waals surface area contributed by atoms with Gasteiger partial charge in [-0.1, -0.05) is 26.7 Å². The van der Waals surface area contributed by atoms with E-state index in [0.717, 1.165) is 12.8 Å². The van der Waals surface area contributed by atoms with E-state index in [0.29, 0.717) is 17.0 Å². The zero-order chi connectivity index (χ0) is 13.8. The van der Waals surface area contributed by atoms with Crippen molar-refractivity contribution >= 4 is 11.0 Å². The van der Waals surface area contributed by atoms with Gasteiger partial charge in [0.15, 0.2) is 5.52 Å². The number of rotatable bonds is 5. The van der Waals surface area contributed by atoms with E-state index < -0.39 is 0 Å². The van der Waals surface area contributed by atoms with Crippen molar-refractivity contribution in [2.45, 2.75) is 46.1 Å². The third-order valence-corrected chi connectivity index (χ3v) is 3.42. The molecule has 0 aromatic carbocycles. The van der Waals surface area contributed by atoms with Gasteiger partial charge in [-0.3, -0.25) is 9.36 Å². The minimum Gasteiger partial charge on any atom is -0.295 e. The summed E-state index contributed by atoms with van der Waals surface area (Å²) in [6.07, 6.45) is 6.60. The molecule has 102 valence electrons. The third-order valence-electron chi connectivity index (χ3n) is 3.42. The monoisotopic (exact) mass is 259 g/mol. The van der Waals surface area contributed by atoms with Crippen molar-refractivity contribution in [1.29, 1.82) is 0 Å². The Morgan fingerprint density at radius 2 is 2.00 bits per heavy atom. The Balaban J connectivity index is 2.20. The van der Waals surface area contributed by atoms with E-state index in [1.165, 1.54) is 6.42 Å². The number of pyridine rings is 1. The zero-order valence-electron chi connectivity index (χ0n) is 11.8. The molecule has 0 saturated heterocycles. The molecule has 1 atom stereocenters. The summed E-state index contributed by atoms with van der Waals surface area (Å²) in [5, 5.41) is 0. The van der Waals surface area contributed by atoms with Crippen LogP contribution in [0, 0.1) is 5.92 Å². The van der Waals surface area contributed by atoms with Crippen LogP contribution in [0.25, 0.3) is 11.0 Å². The highest BCUT2D eigenvalue weighted by atomic mass is 16.1. The van der Waals surface area contributed by atoms with Crippen LogP contribution in [0.1, 0.15) is 46.1 Å². The van der Waals surface area contributed by atoms with E-state index in [9.17, 15) is 4.79 Å². The van der Waals surface area contributed by atoms with Crippen LogP contribution in [0.2, 0.25) is 0 Å². The summed E-state index contributed by atoms with van der Waals surface area (Å²) in [6, 6.07) is 3.79. The van der Waals surface area contributed by atoms with E-state index >= 15 is 0 Å². The van der Waals surface area contributed by atoms with Gasteiger partial charge < -0.3 is 0 Å². The first-order valence-corrected chi connectivity index (χ1v) is 6.91. The Morgan fingerprint density at radius 3 is 2.74 bits per heavy atom. The van der Waals surface area contributed by atoms with Gasteiger partial charge in [0.1, 0.15) is 0 Å². The summed E-state index contributed by atoms with van der Waals surface area (Å²) in [7, 11) is 0. The van der Waals surface area contributed by atoms with Gasteiger partial charge in [0.2, 0.25) is 0 Å². The molecule has 2 aromatic heterocycles. The summed E-state index contributed by atoms with van der Waals surface area (Å²) < 4.78 is 1.70. The molecule has 2 rings (SSSR count). The van der Waals surface area contributed by atoms with Crippen molar-refractivity contribution in [2.24, 2.45) is 5.92 Å². The predicted octanol–water partition coefficient (Wildman–Crippen LogP) is 3.18. The van der Waals surface area contributed by atoms with Crippen LogP contribution in [-0.2, 0) is 0 Å². The van der Waals surface area contributed by atoms with Gasteiger partial charge in [0.25, 0.3) is 5.56 Å². The fourth-order valence-electron chi connectivity index (χ4n) is 2.24. The smallest absolute Gasteiger partial charge is 0.280 e. The van der Waals surface area contributed by atoms with Gasteiger partial charge in [-0.05, 0) is 31.4 Å². The number of hydrogen-bond donors (Lipinski definition) is 0. The largest absolute Gasteiger partial charge is 0.295 e. The SMILES string of the molecule is CC(C)CCCC(C)n1cnc2cccnc2c1=O. The van der Waals surface area contributed by atoms with Crippen LogP contribution < -0.4 is 5.56 Å². The number of fused-ring (bicyclic) bond motifs is 1. The average Bonchev–Trinajstić information content (AvgIpc) is 2.39. The highest BCUT2D eigenvalue weighted by Gasteiger charge is 2.10. The predicted molar refractivity (Wildman–Crippen MR) is 77.2 cm³/mol. The Bertz CT molecular complexity index is 604. The summed E-state index contributed by atoms with van der Waals surface area (Å²) >= 11 is 0. The normalized spacial score (nSPS) is 13.1. The van der Waals surface area contributed by atoms with E-state index in [-0.39, 0.29) is 11.6 Å². The minimum absolute atomic E-state index is 0.0392. The molecule has 0 amide bonds. The molecule has 0 N–H and O–H groups in total. The first kappa shape index (κ1) is 13.7. The van der Waals surface area contributed by atoms with Crippen LogP contribution in [0.4, 0.5) is 0 Å². The summed E-state index contributed by atoms with van der Waals surface area (Å²) in [4.78, 5) is 20.8. The third kappa shape index (κ3) is 3.19. The molecule has 2 heterocycles. The lowest BCUT2D eigenvalue weighted by Crippen LogP contribution is -2.24. The lowest BCUT2D eigenvalue weighted by Gasteiger charge is -2.15. The van der Waals surface area contributed by atoms with E-state index in [2.05, 4.69) is 30.7 Å². The lowest BCUT2D eigenvalue weighted by molar-refractivity contribution is 0.437. The van der Waals surface area contributed by atoms with Gasteiger partial charge in [0.05, 0.1) is 11.8 Å². The van der Waals surface area contributed by atoms with Crippen molar-refractivity contribution in [3.05, 3.63) is 35.0 Å². The van der Waals surface area contributed by atoms with Gasteiger partial charge >= 0.3 is 0 Å². The van der Waals surface area contributed by atoms with Gasteiger partial charge in [0, 0.05) is 12.2 Å². The number of nitrogens with zero attached hydrogens (tertiary/aromatic N) is 3. The quantitative estimate of drug-likeness (QED) is 0.828. The maximum atomic E-state index is 12.3. The Kier molecular flexibility index (Phi) is 4.30. The molecule has 19 heavy (non-hydrogen) atoms. The van der Waals surface area contributed by atoms with Crippen molar-refractivity contribution < 1.29 is 0 Å². The van der Waals surface area contributed by atoms with Gasteiger partial charge in [-0.15, -0.1) is 0 Å². The summed E-state index contributed by atoms with van der Waals surface area (Å²) in [6.45, 7) is 6.51. The molecule has 0 saturated carbocycles. The maximum Gasteiger partial charge on any atom is 0.280 e. The van der Waals surface area contributed by atoms with E-state index in [4.69, 9.17) is 0 Å². The molecule has 0 radical (unpaired) electrons. The minimum atomic E-state index is -0.0392. The molecule has 0 aliphatic rings. The standard InChI is InChI=1S/C15H21N3O/c1-11(2)6-4-7-12(3)18-10-17-13-8-5-9-16-14(13)15(18)19/h5,8-12H,4,6-7H2,1-3H3. The molecule has 0 bridgehead atoms. The number of hydrogen-bond acceptors (Lipinski definition) is 3. The zero-order valence-corrected chi connectivity index (χ0v) is 11.8. The molecule has 0 fully saturated rings.